The molecular formula is C13H11N3O3. The number of hydrogen-bond acceptors (Lipinski definition) is 4. The van der Waals surface area contributed by atoms with E-state index in [2.05, 4.69) is 9.97 Å². The van der Waals surface area contributed by atoms with E-state index in [-0.39, 0.29) is 12.5 Å². The van der Waals surface area contributed by atoms with Gasteiger partial charge in [-0.15, -0.1) is 0 Å². The summed E-state index contributed by atoms with van der Waals surface area (Å²) in [6, 6.07) is 5.37. The van der Waals surface area contributed by atoms with Gasteiger partial charge in [0.05, 0.1) is 17.7 Å². The van der Waals surface area contributed by atoms with Gasteiger partial charge >= 0.3 is 0 Å². The quantitative estimate of drug-likeness (QED) is 0.821. The molecule has 6 heteroatoms. The largest absolute Gasteiger partial charge is 0.482 e. The number of nitrogens with zero attached hydrogens (tertiary/aromatic N) is 2. The molecule has 0 saturated carbocycles. The maximum Gasteiger partial charge on any atom is 0.264 e. The molecule has 0 fully saturated rings. The summed E-state index contributed by atoms with van der Waals surface area (Å²) in [6.07, 6.45) is 2.18. The number of benzene rings is 1. The standard InChI is InChI=1S/C13H11N3O3/c1-16-10-4-8(13-9(5-17)14-7-15-13)2-3-11(10)19-6-12(16)18/h2-5,7H,6H2,1H3,(H,14,15). The number of rotatable bonds is 2. The minimum Gasteiger partial charge on any atom is -0.482 e. The van der Waals surface area contributed by atoms with E-state index < -0.39 is 0 Å². The maximum atomic E-state index is 11.6. The lowest BCUT2D eigenvalue weighted by Gasteiger charge is -2.26. The molecule has 19 heavy (non-hydrogen) atoms. The number of likely N-dealkylation sites (N-methyl/N-ethyl adjacent to an activating group) is 1. The maximum absolute atomic E-state index is 11.6. The zero-order valence-corrected chi connectivity index (χ0v) is 10.2. The summed E-state index contributed by atoms with van der Waals surface area (Å²) in [7, 11) is 1.69. The number of carbonyl (C=O) groups excluding carboxylic acids is 2. The monoisotopic (exact) mass is 257 g/mol. The molecule has 0 atom stereocenters. The van der Waals surface area contributed by atoms with Crippen molar-refractivity contribution < 1.29 is 14.3 Å². The highest BCUT2D eigenvalue weighted by Gasteiger charge is 2.23. The molecule has 6 nitrogen and oxygen atoms in total. The van der Waals surface area contributed by atoms with Gasteiger partial charge in [0.15, 0.2) is 12.9 Å². The summed E-state index contributed by atoms with van der Waals surface area (Å²) in [5, 5.41) is 0. The van der Waals surface area contributed by atoms with Crippen molar-refractivity contribution in [3.05, 3.63) is 30.2 Å². The van der Waals surface area contributed by atoms with Crippen molar-refractivity contribution in [3.8, 4) is 17.0 Å². The van der Waals surface area contributed by atoms with E-state index in [0.717, 1.165) is 5.56 Å². The van der Waals surface area contributed by atoms with Gasteiger partial charge in [-0.25, -0.2) is 4.98 Å². The first-order valence-corrected chi connectivity index (χ1v) is 5.73. The number of ether oxygens (including phenoxy) is 1. The number of carbonyl (C=O) groups is 2. The molecule has 1 aliphatic heterocycles. The highest BCUT2D eigenvalue weighted by Crippen LogP contribution is 2.35. The lowest BCUT2D eigenvalue weighted by atomic mass is 10.1. The van der Waals surface area contributed by atoms with Crippen molar-refractivity contribution in [2.24, 2.45) is 0 Å². The average molecular weight is 257 g/mol. The van der Waals surface area contributed by atoms with Crippen LogP contribution < -0.4 is 9.64 Å². The number of amides is 1. The molecule has 2 heterocycles. The van der Waals surface area contributed by atoms with Crippen LogP contribution in [0, 0.1) is 0 Å². The van der Waals surface area contributed by atoms with Crippen LogP contribution in [0.4, 0.5) is 5.69 Å². The van der Waals surface area contributed by atoms with Crippen molar-refractivity contribution in [3.63, 3.8) is 0 Å². The predicted octanol–water partition coefficient (Wildman–Crippen LogP) is 1.24. The second-order valence-corrected chi connectivity index (χ2v) is 4.21. The first kappa shape index (κ1) is 11.5. The van der Waals surface area contributed by atoms with Gasteiger partial charge in [0.2, 0.25) is 0 Å². The van der Waals surface area contributed by atoms with E-state index in [4.69, 9.17) is 4.74 Å². The number of imidazole rings is 1. The predicted molar refractivity (Wildman–Crippen MR) is 68.3 cm³/mol. The number of hydrogen-bond donors (Lipinski definition) is 1. The summed E-state index contributed by atoms with van der Waals surface area (Å²) in [6.45, 7) is 0.0465. The van der Waals surface area contributed by atoms with E-state index in [9.17, 15) is 9.59 Å². The number of aromatic nitrogens is 2. The topological polar surface area (TPSA) is 75.3 Å². The molecule has 0 unspecified atom stereocenters. The van der Waals surface area contributed by atoms with E-state index in [1.54, 1.807) is 19.2 Å². The molecule has 0 bridgehead atoms. The zero-order chi connectivity index (χ0) is 13.4. The Hall–Kier alpha value is -2.63. The van der Waals surface area contributed by atoms with Gasteiger partial charge in [0.25, 0.3) is 5.91 Å². The smallest absolute Gasteiger partial charge is 0.264 e. The third-order valence-corrected chi connectivity index (χ3v) is 3.11. The molecule has 96 valence electrons. The van der Waals surface area contributed by atoms with Crippen LogP contribution in [0.1, 0.15) is 10.5 Å². The fraction of sp³-hybridized carbons (Fsp3) is 0.154. The van der Waals surface area contributed by atoms with E-state index >= 15 is 0 Å². The zero-order valence-electron chi connectivity index (χ0n) is 10.2. The van der Waals surface area contributed by atoms with Crippen molar-refractivity contribution in [2.45, 2.75) is 0 Å². The minimum atomic E-state index is -0.109. The Morgan fingerprint density at radius 3 is 3.11 bits per heavy atom. The highest BCUT2D eigenvalue weighted by molar-refractivity contribution is 5.98. The molecular weight excluding hydrogens is 246 g/mol. The number of anilines is 1. The Balaban J connectivity index is 2.11. The summed E-state index contributed by atoms with van der Waals surface area (Å²) >= 11 is 0. The normalized spacial score (nSPS) is 13.9. The van der Waals surface area contributed by atoms with Crippen LogP contribution in [-0.2, 0) is 4.79 Å². The minimum absolute atomic E-state index is 0.0465. The van der Waals surface area contributed by atoms with E-state index in [0.29, 0.717) is 29.1 Å². The van der Waals surface area contributed by atoms with Crippen LogP contribution in [0.15, 0.2) is 24.5 Å². The molecule has 0 spiro atoms. The first-order valence-electron chi connectivity index (χ1n) is 5.73. The lowest BCUT2D eigenvalue weighted by molar-refractivity contribution is -0.120. The number of aromatic amines is 1. The molecule has 0 radical (unpaired) electrons. The number of H-pyrrole nitrogens is 1. The Labute approximate surface area is 109 Å². The summed E-state index contributed by atoms with van der Waals surface area (Å²) in [5.74, 6) is 0.538. The van der Waals surface area contributed by atoms with E-state index in [1.807, 2.05) is 6.07 Å². The molecule has 1 aromatic heterocycles. The third kappa shape index (κ3) is 1.77. The first-order chi connectivity index (χ1) is 9.20. The molecule has 1 amide bonds. The Kier molecular flexibility index (Phi) is 2.56. The molecule has 0 saturated heterocycles. The number of nitrogens with one attached hydrogen (secondary N) is 1. The van der Waals surface area contributed by atoms with Crippen LogP contribution in [0.2, 0.25) is 0 Å². The number of aldehydes is 1. The highest BCUT2D eigenvalue weighted by atomic mass is 16.5. The van der Waals surface area contributed by atoms with Crippen molar-refractivity contribution in [1.29, 1.82) is 0 Å². The van der Waals surface area contributed by atoms with Gasteiger partial charge in [-0.2, -0.15) is 0 Å². The van der Waals surface area contributed by atoms with Gasteiger partial charge in [0.1, 0.15) is 11.4 Å². The molecule has 1 aromatic carbocycles. The molecule has 1 aliphatic rings. The molecule has 0 aliphatic carbocycles. The second kappa shape index (κ2) is 4.24. The Morgan fingerprint density at radius 1 is 1.47 bits per heavy atom. The van der Waals surface area contributed by atoms with Gasteiger partial charge < -0.3 is 14.6 Å². The van der Waals surface area contributed by atoms with Crippen LogP contribution in [0.25, 0.3) is 11.3 Å². The molecule has 2 aromatic rings. The van der Waals surface area contributed by atoms with Crippen LogP contribution in [0.3, 0.4) is 0 Å². The van der Waals surface area contributed by atoms with Crippen LogP contribution >= 0.6 is 0 Å². The molecule has 1 N–H and O–H groups in total. The average Bonchev–Trinajstić information content (AvgIpc) is 2.91. The van der Waals surface area contributed by atoms with Crippen LogP contribution in [0.5, 0.6) is 5.75 Å². The fourth-order valence-corrected chi connectivity index (χ4v) is 2.04. The Morgan fingerprint density at radius 2 is 2.32 bits per heavy atom. The Bertz CT molecular complexity index is 663. The summed E-state index contributed by atoms with van der Waals surface area (Å²) in [5.41, 5.74) is 2.40. The van der Waals surface area contributed by atoms with Crippen molar-refractivity contribution >= 4 is 17.9 Å². The third-order valence-electron chi connectivity index (χ3n) is 3.11. The summed E-state index contributed by atoms with van der Waals surface area (Å²) < 4.78 is 5.35. The SMILES string of the molecule is CN1C(=O)COc2ccc(-c3nc[nH]c3C=O)cc21. The van der Waals surface area contributed by atoms with Gasteiger partial charge in [-0.3, -0.25) is 9.59 Å². The lowest BCUT2D eigenvalue weighted by Crippen LogP contribution is -2.35. The van der Waals surface area contributed by atoms with Crippen molar-refractivity contribution in [2.75, 3.05) is 18.6 Å². The number of fused-ring (bicyclic) bond motifs is 1. The van der Waals surface area contributed by atoms with Gasteiger partial charge in [-0.1, -0.05) is 0 Å². The molecule has 3 rings (SSSR count). The second-order valence-electron chi connectivity index (χ2n) is 4.21. The summed E-state index contributed by atoms with van der Waals surface area (Å²) in [4.78, 5) is 30.9. The fourth-order valence-electron chi connectivity index (χ4n) is 2.04. The van der Waals surface area contributed by atoms with Crippen molar-refractivity contribution in [1.82, 2.24) is 9.97 Å². The van der Waals surface area contributed by atoms with E-state index in [1.165, 1.54) is 11.2 Å². The van der Waals surface area contributed by atoms with Crippen LogP contribution in [-0.4, -0.2) is 35.8 Å². The van der Waals surface area contributed by atoms with Gasteiger partial charge in [0, 0.05) is 12.6 Å². The van der Waals surface area contributed by atoms with Gasteiger partial charge in [-0.05, 0) is 18.2 Å².